The Hall–Kier alpha value is -0.820. The third-order valence-corrected chi connectivity index (χ3v) is 1.67. The summed E-state index contributed by atoms with van der Waals surface area (Å²) in [6.45, 7) is -0.404. The lowest BCUT2D eigenvalue weighted by atomic mass is 10.3. The van der Waals surface area contributed by atoms with Gasteiger partial charge in [-0.1, -0.05) is 0 Å². The molecule has 0 atom stereocenters. The molecular weight excluding hydrogens is 211 g/mol. The van der Waals surface area contributed by atoms with Crippen LogP contribution in [0.3, 0.4) is 0 Å². The van der Waals surface area contributed by atoms with Crippen molar-refractivity contribution >= 4 is 5.91 Å². The van der Waals surface area contributed by atoms with Crippen molar-refractivity contribution in [3.8, 4) is 0 Å². The van der Waals surface area contributed by atoms with Gasteiger partial charge in [-0.15, -0.1) is 0 Å². The van der Waals surface area contributed by atoms with Crippen molar-refractivity contribution in [3.63, 3.8) is 0 Å². The number of hydrogen-bond donors (Lipinski definition) is 2. The van der Waals surface area contributed by atoms with Crippen LogP contribution >= 0.6 is 0 Å². The first kappa shape index (κ1) is 14.2. The molecule has 0 aromatic carbocycles. The molecule has 0 fully saturated rings. The highest BCUT2D eigenvalue weighted by molar-refractivity contribution is 5.77. The fourth-order valence-electron chi connectivity index (χ4n) is 1.03. The molecule has 90 valence electrons. The molecule has 0 aromatic heterocycles. The van der Waals surface area contributed by atoms with Gasteiger partial charge < -0.3 is 11.1 Å². The zero-order chi connectivity index (χ0) is 11.9. The SMILES string of the molecule is CN(CCCNC(=O)CN)CC(F)(F)F. The van der Waals surface area contributed by atoms with Crippen LogP contribution in [0.5, 0.6) is 0 Å². The topological polar surface area (TPSA) is 58.4 Å². The number of carbonyl (C=O) groups excluding carboxylic acids is 1. The van der Waals surface area contributed by atoms with Crippen molar-refractivity contribution in [1.82, 2.24) is 10.2 Å². The molecule has 1 amide bonds. The fourth-order valence-corrected chi connectivity index (χ4v) is 1.03. The monoisotopic (exact) mass is 227 g/mol. The highest BCUT2D eigenvalue weighted by atomic mass is 19.4. The van der Waals surface area contributed by atoms with Crippen molar-refractivity contribution in [1.29, 1.82) is 0 Å². The second-order valence-electron chi connectivity index (χ2n) is 3.26. The molecule has 0 rings (SSSR count). The van der Waals surface area contributed by atoms with Crippen molar-refractivity contribution in [2.75, 3.05) is 33.2 Å². The van der Waals surface area contributed by atoms with Crippen molar-refractivity contribution in [2.45, 2.75) is 12.6 Å². The Balaban J connectivity index is 3.47. The van der Waals surface area contributed by atoms with Gasteiger partial charge in [-0.3, -0.25) is 9.69 Å². The Morgan fingerprint density at radius 2 is 2.07 bits per heavy atom. The summed E-state index contributed by atoms with van der Waals surface area (Å²) in [7, 11) is 1.39. The second kappa shape index (κ2) is 6.62. The second-order valence-corrected chi connectivity index (χ2v) is 3.26. The van der Waals surface area contributed by atoms with E-state index in [1.807, 2.05) is 0 Å². The van der Waals surface area contributed by atoms with E-state index in [-0.39, 0.29) is 19.0 Å². The first-order chi connectivity index (χ1) is 6.85. The number of alkyl halides is 3. The molecule has 7 heteroatoms. The van der Waals surface area contributed by atoms with Crippen LogP contribution in [0.4, 0.5) is 13.2 Å². The van der Waals surface area contributed by atoms with E-state index >= 15 is 0 Å². The summed E-state index contributed by atoms with van der Waals surface area (Å²) in [4.78, 5) is 11.8. The normalized spacial score (nSPS) is 11.9. The number of nitrogens with two attached hydrogens (primary N) is 1. The number of nitrogens with one attached hydrogen (secondary N) is 1. The number of amides is 1. The molecule has 0 bridgehead atoms. The van der Waals surface area contributed by atoms with Crippen LogP contribution in [0, 0.1) is 0 Å². The van der Waals surface area contributed by atoms with Crippen molar-refractivity contribution < 1.29 is 18.0 Å². The molecule has 0 saturated carbocycles. The summed E-state index contributed by atoms with van der Waals surface area (Å²) in [5.41, 5.74) is 5.03. The van der Waals surface area contributed by atoms with E-state index in [1.54, 1.807) is 0 Å². The van der Waals surface area contributed by atoms with Gasteiger partial charge in [-0.2, -0.15) is 13.2 Å². The fraction of sp³-hybridized carbons (Fsp3) is 0.875. The highest BCUT2D eigenvalue weighted by Gasteiger charge is 2.28. The van der Waals surface area contributed by atoms with Crippen LogP contribution in [-0.4, -0.2) is 50.2 Å². The van der Waals surface area contributed by atoms with Crippen LogP contribution in [-0.2, 0) is 4.79 Å². The van der Waals surface area contributed by atoms with E-state index in [1.165, 1.54) is 7.05 Å². The summed E-state index contributed by atoms with van der Waals surface area (Å²) in [6.07, 6.45) is -3.70. The quantitative estimate of drug-likeness (QED) is 0.625. The summed E-state index contributed by atoms with van der Waals surface area (Å²) >= 11 is 0. The minimum absolute atomic E-state index is 0.0988. The van der Waals surface area contributed by atoms with E-state index in [9.17, 15) is 18.0 Å². The summed E-state index contributed by atoms with van der Waals surface area (Å²) < 4.78 is 35.6. The molecule has 0 heterocycles. The van der Waals surface area contributed by atoms with Gasteiger partial charge in [0.05, 0.1) is 13.1 Å². The molecule has 0 radical (unpaired) electrons. The van der Waals surface area contributed by atoms with E-state index in [4.69, 9.17) is 5.73 Å². The van der Waals surface area contributed by atoms with Gasteiger partial charge in [-0.05, 0) is 20.0 Å². The molecule has 0 aliphatic rings. The average molecular weight is 227 g/mol. The molecule has 0 aliphatic heterocycles. The van der Waals surface area contributed by atoms with Gasteiger partial charge in [0.15, 0.2) is 0 Å². The number of carbonyl (C=O) groups is 1. The first-order valence-electron chi connectivity index (χ1n) is 4.57. The minimum atomic E-state index is -4.17. The summed E-state index contributed by atoms with van der Waals surface area (Å²) in [5.74, 6) is -0.298. The third kappa shape index (κ3) is 9.48. The number of nitrogens with zero attached hydrogens (tertiary/aromatic N) is 1. The maximum Gasteiger partial charge on any atom is 0.401 e. The predicted molar refractivity (Wildman–Crippen MR) is 50.2 cm³/mol. The van der Waals surface area contributed by atoms with Crippen molar-refractivity contribution in [2.24, 2.45) is 5.73 Å². The molecule has 3 N–H and O–H groups in total. The van der Waals surface area contributed by atoms with Gasteiger partial charge in [0.1, 0.15) is 0 Å². The molecule has 0 spiro atoms. The largest absolute Gasteiger partial charge is 0.401 e. The number of halogens is 3. The standard InChI is InChI=1S/C8H16F3N3O/c1-14(6-8(9,10)11)4-2-3-13-7(15)5-12/h2-6,12H2,1H3,(H,13,15). The maximum absolute atomic E-state index is 11.9. The molecule has 0 unspecified atom stereocenters. The van der Waals surface area contributed by atoms with Gasteiger partial charge in [-0.25, -0.2) is 0 Å². The van der Waals surface area contributed by atoms with Crippen molar-refractivity contribution in [3.05, 3.63) is 0 Å². The lowest BCUT2D eigenvalue weighted by Crippen LogP contribution is -2.35. The van der Waals surface area contributed by atoms with Crippen LogP contribution in [0.15, 0.2) is 0 Å². The zero-order valence-corrected chi connectivity index (χ0v) is 8.60. The summed E-state index contributed by atoms with van der Waals surface area (Å²) in [5, 5.41) is 2.48. The van der Waals surface area contributed by atoms with E-state index in [0.717, 1.165) is 4.90 Å². The predicted octanol–water partition coefficient (Wildman–Crippen LogP) is -0.0545. The van der Waals surface area contributed by atoms with Gasteiger partial charge in [0.25, 0.3) is 0 Å². The summed E-state index contributed by atoms with van der Waals surface area (Å²) in [6, 6.07) is 0. The van der Waals surface area contributed by atoms with Gasteiger partial charge >= 0.3 is 6.18 Å². The Morgan fingerprint density at radius 1 is 1.47 bits per heavy atom. The number of rotatable bonds is 6. The minimum Gasteiger partial charge on any atom is -0.355 e. The lowest BCUT2D eigenvalue weighted by Gasteiger charge is -2.18. The lowest BCUT2D eigenvalue weighted by molar-refractivity contribution is -0.143. The zero-order valence-electron chi connectivity index (χ0n) is 8.60. The van der Waals surface area contributed by atoms with E-state index in [2.05, 4.69) is 5.32 Å². The molecule has 0 aromatic rings. The average Bonchev–Trinajstić information content (AvgIpc) is 2.09. The van der Waals surface area contributed by atoms with Crippen LogP contribution in [0.1, 0.15) is 6.42 Å². The highest BCUT2D eigenvalue weighted by Crippen LogP contribution is 2.15. The Labute approximate surface area is 86.6 Å². The van der Waals surface area contributed by atoms with Crippen LogP contribution in [0.25, 0.3) is 0 Å². The van der Waals surface area contributed by atoms with Gasteiger partial charge in [0, 0.05) is 6.54 Å². The smallest absolute Gasteiger partial charge is 0.355 e. The molecular formula is C8H16F3N3O. The van der Waals surface area contributed by atoms with Gasteiger partial charge in [0.2, 0.25) is 5.91 Å². The number of hydrogen-bond acceptors (Lipinski definition) is 3. The molecule has 15 heavy (non-hydrogen) atoms. The Morgan fingerprint density at radius 3 is 2.53 bits per heavy atom. The third-order valence-electron chi connectivity index (χ3n) is 1.67. The first-order valence-corrected chi connectivity index (χ1v) is 4.57. The maximum atomic E-state index is 11.9. The molecule has 0 aliphatic carbocycles. The Bertz CT molecular complexity index is 196. The molecule has 0 saturated heterocycles. The van der Waals surface area contributed by atoms with Crippen LogP contribution < -0.4 is 11.1 Å². The van der Waals surface area contributed by atoms with Crippen LogP contribution in [0.2, 0.25) is 0 Å². The molecule has 4 nitrogen and oxygen atoms in total. The van der Waals surface area contributed by atoms with E-state index < -0.39 is 12.7 Å². The van der Waals surface area contributed by atoms with E-state index in [0.29, 0.717) is 13.0 Å². The Kier molecular flexibility index (Phi) is 6.26.